The van der Waals surface area contributed by atoms with Gasteiger partial charge in [0.05, 0.1) is 8.07 Å². The summed E-state index contributed by atoms with van der Waals surface area (Å²) < 4.78 is 0. The van der Waals surface area contributed by atoms with Gasteiger partial charge in [-0.3, -0.25) is 0 Å². The maximum atomic E-state index is 2.57. The Hall–Kier alpha value is -0.0831. The minimum absolute atomic E-state index is 0.966. The summed E-state index contributed by atoms with van der Waals surface area (Å²) in [6, 6.07) is 1.45. The summed E-state index contributed by atoms with van der Waals surface area (Å²) >= 11 is 0. The van der Waals surface area contributed by atoms with E-state index in [1.54, 1.807) is 0 Å². The van der Waals surface area contributed by atoms with Crippen LogP contribution in [0.3, 0.4) is 0 Å². The molecule has 1 nitrogen and oxygen atoms in total. The fraction of sp³-hybridized carbons (Fsp3) is 0.818. The molecule has 76 valence electrons. The quantitative estimate of drug-likeness (QED) is 0.613. The first-order valence-corrected chi connectivity index (χ1v) is 8.79. The van der Waals surface area contributed by atoms with Crippen LogP contribution in [-0.2, 0) is 0 Å². The van der Waals surface area contributed by atoms with Crippen molar-refractivity contribution >= 4 is 8.07 Å². The van der Waals surface area contributed by atoms with Gasteiger partial charge in [0.2, 0.25) is 0 Å². The molecule has 1 aliphatic rings. The second-order valence-electron chi connectivity index (χ2n) is 4.79. The summed E-state index contributed by atoms with van der Waals surface area (Å²) in [5.74, 6) is 0. The van der Waals surface area contributed by atoms with Gasteiger partial charge in [0, 0.05) is 0 Å². The molecule has 1 rings (SSSR count). The normalized spacial score (nSPS) is 19.3. The fourth-order valence-corrected chi connectivity index (χ4v) is 4.04. The number of hydrogen-bond acceptors (Lipinski definition) is 1. The van der Waals surface area contributed by atoms with Crippen LogP contribution in [-0.4, -0.2) is 32.6 Å². The number of hydrogen-bond donors (Lipinski definition) is 0. The zero-order valence-corrected chi connectivity index (χ0v) is 10.3. The molecule has 0 N–H and O–H groups in total. The highest BCUT2D eigenvalue weighted by Gasteiger charge is 2.18. The smallest absolute Gasteiger partial charge is 0.0713 e. The minimum Gasteiger partial charge on any atom is -0.303 e. The highest BCUT2D eigenvalue weighted by molar-refractivity contribution is 6.82. The molecule has 0 radical (unpaired) electrons. The lowest BCUT2D eigenvalue weighted by molar-refractivity contribution is 0.182. The Morgan fingerprint density at radius 1 is 1.31 bits per heavy atom. The van der Waals surface area contributed by atoms with Crippen LogP contribution >= 0.6 is 0 Å². The van der Waals surface area contributed by atoms with Crippen molar-refractivity contribution in [2.24, 2.45) is 0 Å². The lowest BCUT2D eigenvalue weighted by Gasteiger charge is -2.31. The zero-order valence-electron chi connectivity index (χ0n) is 9.34. The molecule has 1 saturated heterocycles. The van der Waals surface area contributed by atoms with Gasteiger partial charge in [0.15, 0.2) is 0 Å². The van der Waals surface area contributed by atoms with E-state index in [1.807, 2.05) is 0 Å². The van der Waals surface area contributed by atoms with E-state index in [1.165, 1.54) is 38.5 Å². The van der Waals surface area contributed by atoms with E-state index in [4.69, 9.17) is 0 Å². The molecule has 13 heavy (non-hydrogen) atoms. The highest BCUT2D eigenvalue weighted by Crippen LogP contribution is 2.15. The van der Waals surface area contributed by atoms with Gasteiger partial charge in [-0.05, 0) is 39.4 Å². The van der Waals surface area contributed by atoms with Crippen LogP contribution in [0.25, 0.3) is 0 Å². The Morgan fingerprint density at radius 3 is 2.46 bits per heavy atom. The molecule has 0 amide bonds. The maximum absolute atomic E-state index is 2.57. The SMILES string of the molecule is CC=C[Si](C)(C)CCCN1CCC1. The maximum Gasteiger partial charge on any atom is 0.0713 e. The van der Waals surface area contributed by atoms with Crippen molar-refractivity contribution in [3.05, 3.63) is 11.8 Å². The largest absolute Gasteiger partial charge is 0.303 e. The molecular formula is C11H23NSi. The Kier molecular flexibility index (Phi) is 4.20. The summed E-state index contributed by atoms with van der Waals surface area (Å²) in [4.78, 5) is 2.57. The van der Waals surface area contributed by atoms with Crippen molar-refractivity contribution in [1.29, 1.82) is 0 Å². The second kappa shape index (κ2) is 4.96. The summed E-state index contributed by atoms with van der Waals surface area (Å²) in [6.45, 7) is 11.1. The van der Waals surface area contributed by atoms with Crippen LogP contribution < -0.4 is 0 Å². The predicted molar refractivity (Wildman–Crippen MR) is 62.8 cm³/mol. The van der Waals surface area contributed by atoms with Crippen molar-refractivity contribution in [1.82, 2.24) is 4.90 Å². The number of allylic oxidation sites excluding steroid dienone is 1. The van der Waals surface area contributed by atoms with E-state index in [0.29, 0.717) is 0 Å². The first-order valence-electron chi connectivity index (χ1n) is 5.50. The van der Waals surface area contributed by atoms with Gasteiger partial charge in [-0.2, -0.15) is 0 Å². The van der Waals surface area contributed by atoms with Crippen molar-refractivity contribution in [2.45, 2.75) is 38.9 Å². The lowest BCUT2D eigenvalue weighted by Crippen LogP contribution is -2.38. The van der Waals surface area contributed by atoms with Crippen molar-refractivity contribution in [3.8, 4) is 0 Å². The van der Waals surface area contributed by atoms with E-state index in [0.717, 1.165) is 0 Å². The first-order chi connectivity index (χ1) is 6.14. The molecule has 0 aromatic rings. The number of nitrogens with zero attached hydrogens (tertiary/aromatic N) is 1. The molecular weight excluding hydrogens is 174 g/mol. The molecule has 0 bridgehead atoms. The topological polar surface area (TPSA) is 3.24 Å². The molecule has 0 aliphatic carbocycles. The summed E-state index contributed by atoms with van der Waals surface area (Å²) in [7, 11) is -0.966. The standard InChI is InChI=1S/C11H23NSi/c1-4-10-13(2,3)11-6-9-12-7-5-8-12/h4,10H,5-9,11H2,1-3H3. The van der Waals surface area contributed by atoms with Gasteiger partial charge >= 0.3 is 0 Å². The third-order valence-corrected chi connectivity index (χ3v) is 5.74. The van der Waals surface area contributed by atoms with Crippen molar-refractivity contribution in [3.63, 3.8) is 0 Å². The van der Waals surface area contributed by atoms with E-state index < -0.39 is 8.07 Å². The molecule has 0 saturated carbocycles. The van der Waals surface area contributed by atoms with Crippen LogP contribution in [0.15, 0.2) is 11.8 Å². The molecule has 1 aliphatic heterocycles. The van der Waals surface area contributed by atoms with Crippen LogP contribution in [0.2, 0.25) is 19.1 Å². The van der Waals surface area contributed by atoms with Crippen LogP contribution in [0.4, 0.5) is 0 Å². The third-order valence-electron chi connectivity index (χ3n) is 2.86. The monoisotopic (exact) mass is 197 g/mol. The minimum atomic E-state index is -0.966. The average molecular weight is 197 g/mol. The van der Waals surface area contributed by atoms with E-state index in [9.17, 15) is 0 Å². The number of likely N-dealkylation sites (tertiary alicyclic amines) is 1. The fourth-order valence-electron chi connectivity index (χ4n) is 1.90. The van der Waals surface area contributed by atoms with Gasteiger partial charge in [0.25, 0.3) is 0 Å². The van der Waals surface area contributed by atoms with Gasteiger partial charge in [-0.15, -0.1) is 0 Å². The average Bonchev–Trinajstić information content (AvgIpc) is 1.94. The van der Waals surface area contributed by atoms with Crippen LogP contribution in [0.5, 0.6) is 0 Å². The van der Waals surface area contributed by atoms with Gasteiger partial charge < -0.3 is 4.90 Å². The Bertz CT molecular complexity index is 171. The summed E-state index contributed by atoms with van der Waals surface area (Å²) in [5, 5.41) is 0. The van der Waals surface area contributed by atoms with E-state index >= 15 is 0 Å². The Labute approximate surface area is 83.8 Å². The van der Waals surface area contributed by atoms with Crippen molar-refractivity contribution in [2.75, 3.05) is 19.6 Å². The van der Waals surface area contributed by atoms with E-state index in [2.05, 4.69) is 36.7 Å². The van der Waals surface area contributed by atoms with Crippen LogP contribution in [0, 0.1) is 0 Å². The molecule has 0 unspecified atom stereocenters. The highest BCUT2D eigenvalue weighted by atomic mass is 28.3. The van der Waals surface area contributed by atoms with Gasteiger partial charge in [-0.25, -0.2) is 0 Å². The third kappa shape index (κ3) is 4.10. The molecule has 0 aromatic carbocycles. The molecule has 1 heterocycles. The first kappa shape index (κ1) is 11.0. The summed E-state index contributed by atoms with van der Waals surface area (Å²) in [6.07, 6.45) is 5.06. The predicted octanol–water partition coefficient (Wildman–Crippen LogP) is 2.91. The second-order valence-corrected chi connectivity index (χ2v) is 9.60. The zero-order chi connectivity index (χ0) is 9.73. The Balaban J connectivity index is 2.09. The molecule has 0 spiro atoms. The Morgan fingerprint density at radius 2 is 2.00 bits per heavy atom. The summed E-state index contributed by atoms with van der Waals surface area (Å²) in [5.41, 5.74) is 2.46. The van der Waals surface area contributed by atoms with E-state index in [-0.39, 0.29) is 0 Å². The van der Waals surface area contributed by atoms with Crippen molar-refractivity contribution < 1.29 is 0 Å². The lowest BCUT2D eigenvalue weighted by atomic mass is 10.2. The molecule has 0 atom stereocenters. The number of rotatable bonds is 5. The van der Waals surface area contributed by atoms with Gasteiger partial charge in [0.1, 0.15) is 0 Å². The molecule has 0 aromatic heterocycles. The van der Waals surface area contributed by atoms with Gasteiger partial charge in [-0.1, -0.05) is 30.9 Å². The molecule has 1 fully saturated rings. The molecule has 2 heteroatoms. The van der Waals surface area contributed by atoms with Crippen LogP contribution in [0.1, 0.15) is 19.8 Å².